The molecule has 9 heteroatoms. The second-order valence-corrected chi connectivity index (χ2v) is 5.93. The van der Waals surface area contributed by atoms with Crippen LogP contribution in [0.5, 0.6) is 0 Å². The number of benzene rings is 1. The standard InChI is InChI=1S/C6HF3I2O3S/c7-1-2(8)4(10)5(11)6(3(1)9)15(12,13)14/h11H. The van der Waals surface area contributed by atoms with Crippen LogP contribution in [0.3, 0.4) is 0 Å². The van der Waals surface area contributed by atoms with Gasteiger partial charge < -0.3 is 4.55 Å². The van der Waals surface area contributed by atoms with Gasteiger partial charge in [0.25, 0.3) is 22.6 Å². The lowest BCUT2D eigenvalue weighted by Crippen LogP contribution is -3.34. The Morgan fingerprint density at radius 1 is 1.13 bits per heavy atom. The molecule has 0 spiro atoms. The second-order valence-electron chi connectivity index (χ2n) is 2.37. The van der Waals surface area contributed by atoms with E-state index in [0.29, 0.717) is 0 Å². The Morgan fingerprint density at radius 2 is 1.60 bits per heavy atom. The molecule has 1 aromatic carbocycles. The Bertz CT molecular complexity index is 500. The van der Waals surface area contributed by atoms with Gasteiger partial charge in [0.15, 0.2) is 17.5 Å². The molecule has 0 saturated carbocycles. The topological polar surface area (TPSA) is 57.2 Å². The second kappa shape index (κ2) is 4.33. The van der Waals surface area contributed by atoms with Gasteiger partial charge in [-0.05, 0) is 22.6 Å². The van der Waals surface area contributed by atoms with Gasteiger partial charge in [-0.2, -0.15) is 0 Å². The summed E-state index contributed by atoms with van der Waals surface area (Å²) in [4.78, 5) is -1.34. The summed E-state index contributed by atoms with van der Waals surface area (Å²) in [6.45, 7) is 0. The average molecular weight is 464 g/mol. The molecular weight excluding hydrogens is 463 g/mol. The molecule has 0 saturated heterocycles. The van der Waals surface area contributed by atoms with Crippen LogP contribution in [-0.2, 0) is 10.1 Å². The molecular formula is C6HF3I2O3S. The normalized spacial score (nSPS) is 11.9. The van der Waals surface area contributed by atoms with Crippen molar-refractivity contribution in [2.45, 2.75) is 4.90 Å². The lowest BCUT2D eigenvalue weighted by molar-refractivity contribution is -0.337. The first-order valence-electron chi connectivity index (χ1n) is 3.16. The van der Waals surface area contributed by atoms with E-state index in [0.717, 1.165) is 22.6 Å². The van der Waals surface area contributed by atoms with Crippen LogP contribution in [0.25, 0.3) is 0 Å². The molecule has 0 aliphatic carbocycles. The van der Waals surface area contributed by atoms with Crippen molar-refractivity contribution in [2.24, 2.45) is 0 Å². The highest BCUT2D eigenvalue weighted by Gasteiger charge is 2.30. The number of rotatable bonds is 1. The summed E-state index contributed by atoms with van der Waals surface area (Å²) >= 11 is 2.24. The molecule has 0 heterocycles. The fraction of sp³-hybridized carbons (Fsp3) is 0. The summed E-state index contributed by atoms with van der Waals surface area (Å²) in [6, 6.07) is 0. The van der Waals surface area contributed by atoms with Crippen LogP contribution in [0, 0.1) is 24.6 Å². The van der Waals surface area contributed by atoms with Crippen LogP contribution in [-0.4, -0.2) is 13.0 Å². The van der Waals surface area contributed by atoms with Crippen LogP contribution in [0.1, 0.15) is 0 Å². The zero-order chi connectivity index (χ0) is 12.0. The maximum Gasteiger partial charge on any atom is 0.299 e. The average Bonchev–Trinajstić information content (AvgIpc) is 2.09. The third kappa shape index (κ3) is 2.39. The van der Waals surface area contributed by atoms with Crippen molar-refractivity contribution in [2.75, 3.05) is 0 Å². The summed E-state index contributed by atoms with van der Waals surface area (Å²) in [6.07, 6.45) is 0. The number of halogens is 5. The van der Waals surface area contributed by atoms with Crippen LogP contribution in [0.15, 0.2) is 4.90 Å². The summed E-state index contributed by atoms with van der Waals surface area (Å²) in [5.74, 6) is -5.43. The molecule has 0 aliphatic heterocycles. The molecule has 84 valence electrons. The van der Waals surface area contributed by atoms with Crippen molar-refractivity contribution in [1.29, 1.82) is 0 Å². The van der Waals surface area contributed by atoms with Gasteiger partial charge in [-0.3, -0.25) is 0 Å². The third-order valence-corrected chi connectivity index (χ3v) is 6.03. The zero-order valence-corrected chi connectivity index (χ0v) is 11.9. The fourth-order valence-electron chi connectivity index (χ4n) is 0.815. The van der Waals surface area contributed by atoms with E-state index in [1.54, 1.807) is 0 Å². The van der Waals surface area contributed by atoms with Crippen LogP contribution in [0.4, 0.5) is 13.2 Å². The molecule has 0 aliphatic rings. The molecule has 0 N–H and O–H groups in total. The molecule has 1 aromatic rings. The van der Waals surface area contributed by atoms with Gasteiger partial charge in [0.05, 0.1) is 0 Å². The minimum absolute atomic E-state index is 0.419. The van der Waals surface area contributed by atoms with E-state index in [1.165, 1.54) is 22.6 Å². The molecule has 0 unspecified atom stereocenters. The van der Waals surface area contributed by atoms with E-state index < -0.39 is 39.6 Å². The molecule has 3 nitrogen and oxygen atoms in total. The van der Waals surface area contributed by atoms with Crippen molar-refractivity contribution < 1.29 is 48.7 Å². The molecule has 0 atom stereocenters. The Hall–Kier alpha value is 0.380. The Kier molecular flexibility index (Phi) is 3.88. The zero-order valence-electron chi connectivity index (χ0n) is 6.55. The van der Waals surface area contributed by atoms with Gasteiger partial charge in [0.1, 0.15) is 18.6 Å². The largest absolute Gasteiger partial charge is 0.744 e. The van der Waals surface area contributed by atoms with Gasteiger partial charge >= 0.3 is 0 Å². The Morgan fingerprint density at radius 3 is 2.00 bits per heavy atom. The molecule has 15 heavy (non-hydrogen) atoms. The fourth-order valence-corrected chi connectivity index (χ4v) is 3.53. The van der Waals surface area contributed by atoms with E-state index >= 15 is 0 Å². The van der Waals surface area contributed by atoms with Crippen LogP contribution in [0.2, 0.25) is 0 Å². The first-order chi connectivity index (χ1) is 6.68. The quantitative estimate of drug-likeness (QED) is 0.211. The minimum Gasteiger partial charge on any atom is -0.744 e. The molecule has 0 amide bonds. The van der Waals surface area contributed by atoms with Crippen molar-refractivity contribution in [3.8, 4) is 0 Å². The SMILES string of the molecule is O=S(=O)([O-])c1c(F)c(F)c(F)c(I)c1[IH+]. The molecule has 0 bridgehead atoms. The molecule has 1 rings (SSSR count). The van der Waals surface area contributed by atoms with E-state index in [9.17, 15) is 26.1 Å². The summed E-state index contributed by atoms with van der Waals surface area (Å²) in [5, 5.41) is 0. The van der Waals surface area contributed by atoms with E-state index in [4.69, 9.17) is 0 Å². The van der Waals surface area contributed by atoms with Gasteiger partial charge in [-0.15, -0.1) is 0 Å². The van der Waals surface area contributed by atoms with Crippen molar-refractivity contribution in [3.63, 3.8) is 0 Å². The maximum atomic E-state index is 13.0. The van der Waals surface area contributed by atoms with Crippen LogP contribution >= 0.6 is 22.6 Å². The Balaban J connectivity index is 3.84. The number of hydrogen-bond donors (Lipinski definition) is 0. The van der Waals surface area contributed by atoms with E-state index in [-0.39, 0.29) is 0 Å². The summed E-state index contributed by atoms with van der Waals surface area (Å²) in [5.41, 5.74) is 0. The van der Waals surface area contributed by atoms with Crippen molar-refractivity contribution in [1.82, 2.24) is 0 Å². The van der Waals surface area contributed by atoms with Gasteiger partial charge in [0.2, 0.25) is 3.57 Å². The van der Waals surface area contributed by atoms with E-state index in [2.05, 4.69) is 0 Å². The first-order valence-corrected chi connectivity index (χ1v) is 6.82. The number of hydrogen-bond acceptors (Lipinski definition) is 3. The molecule has 0 aromatic heterocycles. The highest BCUT2D eigenvalue weighted by molar-refractivity contribution is 14.1. The molecule has 0 fully saturated rings. The highest BCUT2D eigenvalue weighted by Crippen LogP contribution is 2.24. The van der Waals surface area contributed by atoms with Gasteiger partial charge in [-0.25, -0.2) is 21.6 Å². The van der Waals surface area contributed by atoms with Crippen LogP contribution < -0.4 is 22.6 Å². The Labute approximate surface area is 110 Å². The lowest BCUT2D eigenvalue weighted by atomic mass is 10.3. The smallest absolute Gasteiger partial charge is 0.299 e. The minimum atomic E-state index is -5.16. The highest BCUT2D eigenvalue weighted by atomic mass is 127. The third-order valence-electron chi connectivity index (χ3n) is 1.43. The maximum absolute atomic E-state index is 13.0. The van der Waals surface area contributed by atoms with Crippen molar-refractivity contribution in [3.05, 3.63) is 24.6 Å². The molecule has 0 radical (unpaired) electrons. The summed E-state index contributed by atoms with van der Waals surface area (Å²) < 4.78 is 69.7. The summed E-state index contributed by atoms with van der Waals surface area (Å²) in [7, 11) is -5.16. The predicted octanol–water partition coefficient (Wildman–Crippen LogP) is -1.93. The monoisotopic (exact) mass is 464 g/mol. The van der Waals surface area contributed by atoms with Gasteiger partial charge in [-0.1, -0.05) is 0 Å². The van der Waals surface area contributed by atoms with Crippen molar-refractivity contribution >= 4 is 32.7 Å². The predicted molar refractivity (Wildman–Crippen MR) is 47.1 cm³/mol. The van der Waals surface area contributed by atoms with E-state index in [1.807, 2.05) is 0 Å². The lowest BCUT2D eigenvalue weighted by Gasteiger charge is -2.09. The van der Waals surface area contributed by atoms with Gasteiger partial charge in [0, 0.05) is 0 Å². The first kappa shape index (κ1) is 13.4.